The Labute approximate surface area is 219 Å². The van der Waals surface area contributed by atoms with Crippen molar-refractivity contribution in [3.63, 3.8) is 0 Å². The molecule has 11 heteroatoms. The second kappa shape index (κ2) is 9.96. The molecule has 8 nitrogen and oxygen atoms in total. The van der Waals surface area contributed by atoms with Crippen molar-refractivity contribution in [1.82, 2.24) is 9.55 Å². The molecule has 1 aliphatic heterocycles. The molecule has 0 fully saturated rings. The number of nitrogens with zero attached hydrogens (tertiary/aromatic N) is 5. The Balaban J connectivity index is 1.78. The number of nitrogens with two attached hydrogens (primary N) is 1. The van der Waals surface area contributed by atoms with Crippen LogP contribution in [0.1, 0.15) is 24.2 Å². The molecule has 5 rings (SSSR count). The minimum atomic E-state index is -4.58. The van der Waals surface area contributed by atoms with Gasteiger partial charge >= 0.3 is 6.18 Å². The minimum absolute atomic E-state index is 0.0294. The Morgan fingerprint density at radius 3 is 2.56 bits per heavy atom. The normalized spacial score (nSPS) is 15.3. The third-order valence-electron chi connectivity index (χ3n) is 6.13. The fourth-order valence-electron chi connectivity index (χ4n) is 4.34. The molecule has 0 spiro atoms. The molecule has 0 aliphatic carbocycles. The maximum Gasteiger partial charge on any atom is 0.417 e. The Bertz CT molecular complexity index is 1800. The number of aromatic nitrogens is 2. The van der Waals surface area contributed by atoms with E-state index in [0.717, 1.165) is 12.3 Å². The van der Waals surface area contributed by atoms with Crippen LogP contribution >= 0.6 is 0 Å². The number of halogens is 3. The lowest BCUT2D eigenvalue weighted by Crippen LogP contribution is -2.24. The summed E-state index contributed by atoms with van der Waals surface area (Å²) in [6, 6.07) is 15.9. The lowest BCUT2D eigenvalue weighted by Gasteiger charge is -2.19. The van der Waals surface area contributed by atoms with Crippen LogP contribution in [0.2, 0.25) is 0 Å². The number of amidine groups is 1. The van der Waals surface area contributed by atoms with Crippen molar-refractivity contribution in [2.45, 2.75) is 19.1 Å². The average molecular weight is 528 g/mol. The molecule has 2 aromatic carbocycles. The van der Waals surface area contributed by atoms with Crippen LogP contribution in [0.3, 0.4) is 0 Å². The van der Waals surface area contributed by atoms with Crippen LogP contribution in [0, 0.1) is 5.41 Å². The number of alkyl halides is 3. The van der Waals surface area contributed by atoms with Crippen molar-refractivity contribution in [2.75, 3.05) is 0 Å². The van der Waals surface area contributed by atoms with Crippen LogP contribution in [0.15, 0.2) is 98.4 Å². The summed E-state index contributed by atoms with van der Waals surface area (Å²) >= 11 is 0. The summed E-state index contributed by atoms with van der Waals surface area (Å²) in [7, 11) is 0. The topological polar surface area (TPSA) is 122 Å². The van der Waals surface area contributed by atoms with Gasteiger partial charge in [0.05, 0.1) is 34.5 Å². The van der Waals surface area contributed by atoms with Crippen molar-refractivity contribution >= 4 is 34.7 Å². The molecule has 194 valence electrons. The standard InChI is InChI=1S/C28H20F3N7O/c1-16(36-25-19(12-32)14-35-27(33)37-25)23-11-17-6-5-9-22(18-10-20(15-34-13-18)28(29,30)31)24(17)26(39)38(23)21-7-3-2-4-8-21/h2-11,13-16,32H,1H3,(H2,33,36,37). The predicted octanol–water partition coefficient (Wildman–Crippen LogP) is 5.10. The van der Waals surface area contributed by atoms with E-state index >= 15 is 0 Å². The van der Waals surface area contributed by atoms with E-state index in [1.807, 2.05) is 0 Å². The largest absolute Gasteiger partial charge is 0.417 e. The highest BCUT2D eigenvalue weighted by Crippen LogP contribution is 2.34. The summed E-state index contributed by atoms with van der Waals surface area (Å²) in [6.07, 6.45) is -1.20. The van der Waals surface area contributed by atoms with Crippen LogP contribution in [0.4, 0.5) is 13.2 Å². The summed E-state index contributed by atoms with van der Waals surface area (Å²) in [5.41, 5.74) is 6.12. The molecule has 0 radical (unpaired) electrons. The van der Waals surface area contributed by atoms with Crippen molar-refractivity contribution in [3.05, 3.63) is 100 Å². The van der Waals surface area contributed by atoms with Gasteiger partial charge in [-0.25, -0.2) is 4.99 Å². The molecule has 1 unspecified atom stereocenters. The monoisotopic (exact) mass is 527 g/mol. The van der Waals surface area contributed by atoms with Gasteiger partial charge in [0.15, 0.2) is 5.84 Å². The first kappa shape index (κ1) is 25.5. The predicted molar refractivity (Wildman–Crippen MR) is 145 cm³/mol. The van der Waals surface area contributed by atoms with E-state index in [1.54, 1.807) is 61.5 Å². The average Bonchev–Trinajstić information content (AvgIpc) is 2.93. The summed E-state index contributed by atoms with van der Waals surface area (Å²) in [4.78, 5) is 30.5. The second-order valence-corrected chi connectivity index (χ2v) is 8.67. The van der Waals surface area contributed by atoms with Gasteiger partial charge < -0.3 is 5.73 Å². The Kier molecular flexibility index (Phi) is 6.51. The van der Waals surface area contributed by atoms with Gasteiger partial charge in [0.2, 0.25) is 5.96 Å². The molecule has 0 bridgehead atoms. The van der Waals surface area contributed by atoms with Crippen LogP contribution in [-0.4, -0.2) is 33.4 Å². The molecule has 0 amide bonds. The fraction of sp³-hybridized carbons (Fsp3) is 0.107. The van der Waals surface area contributed by atoms with E-state index in [-0.39, 0.29) is 28.3 Å². The summed E-state index contributed by atoms with van der Waals surface area (Å²) in [5.74, 6) is 2.34. The summed E-state index contributed by atoms with van der Waals surface area (Å²) in [6.45, 7) is 1.76. The van der Waals surface area contributed by atoms with E-state index < -0.39 is 23.3 Å². The van der Waals surface area contributed by atoms with E-state index in [2.05, 4.69) is 25.8 Å². The quantitative estimate of drug-likeness (QED) is 0.359. The lowest BCUT2D eigenvalue weighted by molar-refractivity contribution is -0.137. The summed E-state index contributed by atoms with van der Waals surface area (Å²) < 4.78 is 41.7. The smallest absolute Gasteiger partial charge is 0.368 e. The second-order valence-electron chi connectivity index (χ2n) is 8.67. The third-order valence-corrected chi connectivity index (χ3v) is 6.13. The molecule has 0 saturated heterocycles. The Morgan fingerprint density at radius 2 is 1.85 bits per heavy atom. The van der Waals surface area contributed by atoms with Crippen LogP contribution < -0.4 is 11.3 Å². The molecule has 1 atom stereocenters. The number of fused-ring (bicyclic) bond motifs is 1. The minimum Gasteiger partial charge on any atom is -0.368 e. The molecule has 2 aromatic heterocycles. The number of para-hydroxylation sites is 1. The van der Waals surface area contributed by atoms with E-state index in [1.165, 1.54) is 17.0 Å². The number of guanidine groups is 1. The molecule has 3 heterocycles. The van der Waals surface area contributed by atoms with Gasteiger partial charge in [-0.15, -0.1) is 0 Å². The van der Waals surface area contributed by atoms with Crippen molar-refractivity contribution in [3.8, 4) is 16.8 Å². The van der Waals surface area contributed by atoms with Gasteiger partial charge in [0.25, 0.3) is 5.56 Å². The fourth-order valence-corrected chi connectivity index (χ4v) is 4.34. The number of hydrogen-bond donors (Lipinski definition) is 2. The summed E-state index contributed by atoms with van der Waals surface area (Å²) in [5, 5.41) is 8.27. The number of hydrogen-bond acceptors (Lipinski definition) is 6. The molecule has 39 heavy (non-hydrogen) atoms. The van der Waals surface area contributed by atoms with Crippen molar-refractivity contribution < 1.29 is 13.2 Å². The maximum absolute atomic E-state index is 14.2. The number of pyridine rings is 2. The number of benzene rings is 2. The Hall–Kier alpha value is -5.15. The van der Waals surface area contributed by atoms with Gasteiger partial charge in [-0.1, -0.05) is 36.4 Å². The first-order valence-corrected chi connectivity index (χ1v) is 11.7. The van der Waals surface area contributed by atoms with Crippen molar-refractivity contribution in [2.24, 2.45) is 20.7 Å². The van der Waals surface area contributed by atoms with Crippen molar-refractivity contribution in [1.29, 1.82) is 5.41 Å². The van der Waals surface area contributed by atoms with Gasteiger partial charge in [0.1, 0.15) is 0 Å². The first-order valence-electron chi connectivity index (χ1n) is 11.7. The first-order chi connectivity index (χ1) is 18.7. The van der Waals surface area contributed by atoms with E-state index in [4.69, 9.17) is 11.1 Å². The molecular weight excluding hydrogens is 507 g/mol. The highest BCUT2D eigenvalue weighted by atomic mass is 19.4. The number of rotatable bonds is 4. The van der Waals surface area contributed by atoms with Crippen LogP contribution in [-0.2, 0) is 6.18 Å². The SMILES string of the molecule is CC(N=C1N=C(N)N=CC1=C=N)c1cc2cccc(-c3cncc(C(F)(F)F)c3)c2c(=O)n1-c1ccccc1. The maximum atomic E-state index is 14.2. The number of nitrogens with one attached hydrogen (secondary N) is 1. The van der Waals surface area contributed by atoms with Gasteiger partial charge in [-0.2, -0.15) is 18.2 Å². The third kappa shape index (κ3) is 4.90. The van der Waals surface area contributed by atoms with E-state index in [9.17, 15) is 18.0 Å². The van der Waals surface area contributed by atoms with Gasteiger partial charge in [-0.3, -0.25) is 24.7 Å². The molecule has 4 aromatic rings. The Morgan fingerprint density at radius 1 is 1.08 bits per heavy atom. The zero-order chi connectivity index (χ0) is 27.7. The van der Waals surface area contributed by atoms with Crippen LogP contribution in [0.25, 0.3) is 27.6 Å². The van der Waals surface area contributed by atoms with Gasteiger partial charge in [-0.05, 0) is 48.0 Å². The molecule has 0 saturated carbocycles. The van der Waals surface area contributed by atoms with E-state index in [0.29, 0.717) is 22.3 Å². The number of aliphatic imine (C=N–C) groups is 3. The molecule has 3 N–H and O–H groups in total. The zero-order valence-corrected chi connectivity index (χ0v) is 20.4. The zero-order valence-electron chi connectivity index (χ0n) is 20.4. The highest BCUT2D eigenvalue weighted by Gasteiger charge is 2.31. The highest BCUT2D eigenvalue weighted by molar-refractivity contribution is 6.27. The van der Waals surface area contributed by atoms with Crippen LogP contribution in [0.5, 0.6) is 0 Å². The lowest BCUT2D eigenvalue weighted by atomic mass is 9.98. The van der Waals surface area contributed by atoms with Gasteiger partial charge in [0, 0.05) is 23.6 Å². The molecule has 1 aliphatic rings. The molecular formula is C28H20F3N7O.